The summed E-state index contributed by atoms with van der Waals surface area (Å²) in [4.78, 5) is 41.5. The van der Waals surface area contributed by atoms with Crippen LogP contribution in [0, 0.1) is 0 Å². The number of hydrogen-bond donors (Lipinski definition) is 2. The molecule has 2 N–H and O–H groups in total. The Bertz CT molecular complexity index is 1450. The van der Waals surface area contributed by atoms with Crippen molar-refractivity contribution < 1.29 is 19.1 Å². The molecule has 2 saturated heterocycles. The number of nitrogens with zero attached hydrogens (tertiary/aromatic N) is 1. The van der Waals surface area contributed by atoms with Crippen molar-refractivity contribution in [3.8, 4) is 0 Å². The molecule has 0 radical (unpaired) electrons. The van der Waals surface area contributed by atoms with Gasteiger partial charge < -0.3 is 15.0 Å². The Morgan fingerprint density at radius 3 is 1.87 bits per heavy atom. The van der Waals surface area contributed by atoms with Gasteiger partial charge in [-0.2, -0.15) is 0 Å². The van der Waals surface area contributed by atoms with Crippen molar-refractivity contribution in [1.29, 1.82) is 0 Å². The van der Waals surface area contributed by atoms with Crippen molar-refractivity contribution in [3.63, 3.8) is 0 Å². The first kappa shape index (κ1) is 33.5. The highest BCUT2D eigenvalue weighted by atomic mass is 32.2. The van der Waals surface area contributed by atoms with Crippen LogP contribution < -0.4 is 10.6 Å². The molecular formula is C37H45N3O4SSi. The highest BCUT2D eigenvalue weighted by Gasteiger charge is 2.57. The van der Waals surface area contributed by atoms with Gasteiger partial charge in [0.2, 0.25) is 0 Å². The monoisotopic (exact) mass is 655 g/mol. The number of amides is 4. The summed E-state index contributed by atoms with van der Waals surface area (Å²) in [6, 6.07) is 30.0. The molecule has 2 fully saturated rings. The predicted molar refractivity (Wildman–Crippen MR) is 189 cm³/mol. The van der Waals surface area contributed by atoms with E-state index in [4.69, 9.17) is 4.74 Å². The van der Waals surface area contributed by atoms with Crippen molar-refractivity contribution >= 4 is 37.9 Å². The maximum absolute atomic E-state index is 13.9. The lowest BCUT2D eigenvalue weighted by Gasteiger charge is -2.48. The van der Waals surface area contributed by atoms with Gasteiger partial charge in [0.25, 0.3) is 5.91 Å². The minimum absolute atomic E-state index is 0.0191. The number of benzene rings is 3. The fraction of sp³-hybridized carbons (Fsp3) is 0.378. The van der Waals surface area contributed by atoms with Gasteiger partial charge in [0.1, 0.15) is 12.6 Å². The van der Waals surface area contributed by atoms with E-state index < -0.39 is 31.0 Å². The van der Waals surface area contributed by atoms with E-state index in [0.29, 0.717) is 13.0 Å². The van der Waals surface area contributed by atoms with Gasteiger partial charge in [0, 0.05) is 23.4 Å². The van der Waals surface area contributed by atoms with Crippen LogP contribution in [0.1, 0.15) is 43.9 Å². The van der Waals surface area contributed by atoms with E-state index in [0.717, 1.165) is 16.7 Å². The molecule has 0 spiro atoms. The third-order valence-electron chi connectivity index (χ3n) is 10.1. The molecule has 2 unspecified atom stereocenters. The van der Waals surface area contributed by atoms with Crippen LogP contribution >= 0.6 is 11.8 Å². The van der Waals surface area contributed by atoms with Crippen LogP contribution in [0.2, 0.25) is 23.7 Å². The van der Waals surface area contributed by atoms with Gasteiger partial charge in [-0.1, -0.05) is 138 Å². The zero-order valence-corrected chi connectivity index (χ0v) is 29.2. The molecule has 0 aromatic heterocycles. The van der Waals surface area contributed by atoms with E-state index in [9.17, 15) is 14.4 Å². The van der Waals surface area contributed by atoms with Crippen LogP contribution in [-0.2, 0) is 14.3 Å². The van der Waals surface area contributed by atoms with Crippen LogP contribution in [-0.4, -0.2) is 61.5 Å². The van der Waals surface area contributed by atoms with Gasteiger partial charge in [-0.25, -0.2) is 9.59 Å². The lowest BCUT2D eigenvalue weighted by molar-refractivity contribution is -0.120. The maximum Gasteiger partial charge on any atom is 0.410 e. The number of hydrogen-bond acceptors (Lipinski definition) is 5. The van der Waals surface area contributed by atoms with Gasteiger partial charge >= 0.3 is 12.1 Å². The first-order valence-corrected chi connectivity index (χ1v) is 19.9. The number of imide groups is 1. The largest absolute Gasteiger partial charge is 0.445 e. The fourth-order valence-electron chi connectivity index (χ4n) is 6.95. The summed E-state index contributed by atoms with van der Waals surface area (Å²) >= 11 is 1.85. The lowest BCUT2D eigenvalue weighted by Crippen LogP contribution is -2.58. The predicted octanol–water partition coefficient (Wildman–Crippen LogP) is 7.56. The Morgan fingerprint density at radius 2 is 1.46 bits per heavy atom. The molecular weight excluding hydrogens is 611 g/mol. The average Bonchev–Trinajstić information content (AvgIpc) is 3.60. The Kier molecular flexibility index (Phi) is 9.84. The van der Waals surface area contributed by atoms with Crippen molar-refractivity contribution in [3.05, 3.63) is 120 Å². The minimum Gasteiger partial charge on any atom is -0.445 e. The standard InChI is InChI=1S/C37H45N3O4SSi/c1-7-23-44-35(43)40-25-29(24-30(40)32(46(5,6)36(2,3)4)31-33(41)39-34(42)38-31)45-37(26-17-11-8-12-18-26,27-19-13-9-14-20-27)28-21-15-10-16-22-28/h7-22,29-32H,1,23-25H2,2-6H3,(H2,38,39,41,42)/t29-,30+,31?,32?/m0/s1. The smallest absolute Gasteiger partial charge is 0.410 e. The summed E-state index contributed by atoms with van der Waals surface area (Å²) in [5.74, 6) is -0.331. The van der Waals surface area contributed by atoms with E-state index >= 15 is 0 Å². The Morgan fingerprint density at radius 1 is 0.957 bits per heavy atom. The van der Waals surface area contributed by atoms with Gasteiger partial charge in [-0.3, -0.25) is 10.1 Å². The van der Waals surface area contributed by atoms with Gasteiger partial charge in [-0.05, 0) is 28.1 Å². The SMILES string of the molecule is C=CCOC(=O)N1C[C@@H](SC(c2ccccc2)(c2ccccc2)c2ccccc2)C[C@@H]1C(C1NC(=O)NC1=O)[Si](C)(C)C(C)(C)C. The topological polar surface area (TPSA) is 87.7 Å². The van der Waals surface area contributed by atoms with E-state index in [2.05, 4.69) is 124 Å². The Balaban J connectivity index is 1.65. The van der Waals surface area contributed by atoms with Crippen LogP contribution in [0.15, 0.2) is 104 Å². The van der Waals surface area contributed by atoms with E-state index in [1.807, 2.05) is 34.9 Å². The third kappa shape index (κ3) is 6.40. The van der Waals surface area contributed by atoms with Crippen molar-refractivity contribution in [2.24, 2.45) is 0 Å². The zero-order valence-electron chi connectivity index (χ0n) is 27.4. The molecule has 3 aromatic carbocycles. The normalized spacial score (nSPS) is 21.0. The quantitative estimate of drug-likeness (QED) is 0.102. The number of nitrogens with one attached hydrogen (secondary N) is 2. The number of likely N-dealkylation sites (tertiary alicyclic amines) is 1. The first-order valence-electron chi connectivity index (χ1n) is 15.9. The fourth-order valence-corrected chi connectivity index (χ4v) is 12.1. The summed E-state index contributed by atoms with van der Waals surface area (Å²) < 4.78 is 5.11. The molecule has 7 nitrogen and oxygen atoms in total. The van der Waals surface area contributed by atoms with Crippen molar-refractivity contribution in [1.82, 2.24) is 15.5 Å². The van der Waals surface area contributed by atoms with Crippen molar-refractivity contribution in [2.45, 2.75) is 72.9 Å². The Hall–Kier alpha value is -3.82. The molecule has 0 saturated carbocycles. The van der Waals surface area contributed by atoms with Crippen molar-refractivity contribution in [2.75, 3.05) is 13.2 Å². The second-order valence-corrected chi connectivity index (χ2v) is 20.9. The number of thioether (sulfide) groups is 1. The number of ether oxygens (including phenoxy) is 1. The highest BCUT2D eigenvalue weighted by Crippen LogP contribution is 2.55. The molecule has 5 rings (SSSR count). The summed E-state index contributed by atoms with van der Waals surface area (Å²) in [5.41, 5.74) is 3.17. The number of carbonyl (C=O) groups excluding carboxylic acids is 3. The second kappa shape index (κ2) is 13.5. The summed E-state index contributed by atoms with van der Waals surface area (Å²) in [7, 11) is -2.39. The molecule has 9 heteroatoms. The molecule has 4 amide bonds. The molecule has 46 heavy (non-hydrogen) atoms. The highest BCUT2D eigenvalue weighted by molar-refractivity contribution is 8.01. The van der Waals surface area contributed by atoms with Crippen LogP contribution in [0.5, 0.6) is 0 Å². The summed E-state index contributed by atoms with van der Waals surface area (Å²) in [5, 5.41) is 5.25. The first-order chi connectivity index (χ1) is 21.9. The molecule has 2 aliphatic rings. The van der Waals surface area contributed by atoms with Crippen LogP contribution in [0.25, 0.3) is 0 Å². The Labute approximate surface area is 278 Å². The van der Waals surface area contributed by atoms with Crippen LogP contribution in [0.3, 0.4) is 0 Å². The van der Waals surface area contributed by atoms with Gasteiger partial charge in [0.15, 0.2) is 0 Å². The number of rotatable bonds is 10. The molecule has 2 aliphatic heterocycles. The third-order valence-corrected chi connectivity index (χ3v) is 18.1. The maximum atomic E-state index is 13.9. The zero-order chi connectivity index (χ0) is 33.1. The molecule has 242 valence electrons. The number of urea groups is 1. The summed E-state index contributed by atoms with van der Waals surface area (Å²) in [6.07, 6.45) is 1.78. The van der Waals surface area contributed by atoms with E-state index in [1.165, 1.54) is 0 Å². The van der Waals surface area contributed by atoms with E-state index in [1.54, 1.807) is 6.08 Å². The van der Waals surface area contributed by atoms with Gasteiger partial charge in [-0.15, -0.1) is 11.8 Å². The molecule has 2 heterocycles. The molecule has 0 bridgehead atoms. The van der Waals surface area contributed by atoms with Gasteiger partial charge in [0.05, 0.1) is 12.8 Å². The molecule has 4 atom stereocenters. The molecule has 3 aromatic rings. The number of carbonyl (C=O) groups is 3. The summed E-state index contributed by atoms with van der Waals surface area (Å²) in [6.45, 7) is 15.4. The van der Waals surface area contributed by atoms with E-state index in [-0.39, 0.29) is 34.4 Å². The minimum atomic E-state index is -2.39. The lowest BCUT2D eigenvalue weighted by atomic mass is 9.84. The molecule has 0 aliphatic carbocycles. The average molecular weight is 656 g/mol. The second-order valence-electron chi connectivity index (χ2n) is 13.8. The van der Waals surface area contributed by atoms with Crippen LogP contribution in [0.4, 0.5) is 9.59 Å².